The third kappa shape index (κ3) is 9.07. The van der Waals surface area contributed by atoms with Crippen LogP contribution in [0, 0.1) is 40.3 Å². The van der Waals surface area contributed by atoms with E-state index in [4.69, 9.17) is 9.47 Å². The molecule has 8 rings (SSSR count). The largest absolute Gasteiger partial charge is 0.442 e. The van der Waals surface area contributed by atoms with Crippen LogP contribution in [0.25, 0.3) is 0 Å². The number of rotatable bonds is 6. The van der Waals surface area contributed by atoms with E-state index in [9.17, 15) is 23.6 Å². The first-order valence-corrected chi connectivity index (χ1v) is 22.5. The molecule has 3 N–H and O–H groups in total. The smallest absolute Gasteiger partial charge is 0.414 e. The fraction of sp³-hybridized carbons (Fsp3) is 0.633. The number of carbonyl (C=O) groups excluding carboxylic acids is 4. The van der Waals surface area contributed by atoms with Crippen molar-refractivity contribution in [2.75, 3.05) is 61.1 Å². The highest BCUT2D eigenvalue weighted by Crippen LogP contribution is 2.64. The van der Waals surface area contributed by atoms with Crippen molar-refractivity contribution in [3.8, 4) is 0 Å². The van der Waals surface area contributed by atoms with Gasteiger partial charge < -0.3 is 30.3 Å². The van der Waals surface area contributed by atoms with Gasteiger partial charge >= 0.3 is 6.09 Å². The second-order valence-electron chi connectivity index (χ2n) is 20.9. The minimum absolute atomic E-state index is 0.0263. The Labute approximate surface area is 361 Å². The number of ether oxygens (including phenoxy) is 2. The molecule has 3 aliphatic heterocycles. The van der Waals surface area contributed by atoms with Crippen molar-refractivity contribution < 1.29 is 33.0 Å². The molecular formula is C49H68FN5O6. The first-order valence-electron chi connectivity index (χ1n) is 22.5. The van der Waals surface area contributed by atoms with E-state index in [0.29, 0.717) is 61.9 Å². The normalized spacial score (nSPS) is 29.8. The lowest BCUT2D eigenvalue weighted by molar-refractivity contribution is -0.127. The number of morpholine rings is 1. The highest BCUT2D eigenvalue weighted by atomic mass is 19.1. The molecule has 5 fully saturated rings. The van der Waals surface area contributed by atoms with Crippen LogP contribution in [-0.4, -0.2) is 75.7 Å². The molecule has 0 spiro atoms. The van der Waals surface area contributed by atoms with E-state index in [1.165, 1.54) is 34.7 Å². The van der Waals surface area contributed by atoms with Crippen LogP contribution in [0.15, 0.2) is 48.2 Å². The average molecular weight is 842 g/mol. The van der Waals surface area contributed by atoms with Crippen molar-refractivity contribution in [2.45, 2.75) is 118 Å². The zero-order valence-electron chi connectivity index (χ0n) is 37.8. The number of amides is 3. The maximum Gasteiger partial charge on any atom is 0.414 e. The molecule has 61 heavy (non-hydrogen) atoms. The Bertz CT molecular complexity index is 2050. The van der Waals surface area contributed by atoms with Gasteiger partial charge in [-0.25, -0.2) is 9.18 Å². The number of nitrogens with one attached hydrogen (secondary N) is 3. The van der Waals surface area contributed by atoms with Crippen molar-refractivity contribution in [2.24, 2.45) is 34.5 Å². The second-order valence-corrected chi connectivity index (χ2v) is 20.9. The first-order chi connectivity index (χ1) is 28.7. The first kappa shape index (κ1) is 44.6. The molecule has 3 aliphatic carbocycles. The van der Waals surface area contributed by atoms with Gasteiger partial charge in [-0.1, -0.05) is 67.5 Å². The number of anilines is 3. The van der Waals surface area contributed by atoms with E-state index in [2.05, 4.69) is 89.5 Å². The van der Waals surface area contributed by atoms with E-state index in [1.807, 2.05) is 11.0 Å². The molecule has 0 bridgehead atoms. The van der Waals surface area contributed by atoms with Gasteiger partial charge in [0.15, 0.2) is 5.78 Å². The predicted octanol–water partition coefficient (Wildman–Crippen LogP) is 8.26. The van der Waals surface area contributed by atoms with Crippen molar-refractivity contribution in [1.82, 2.24) is 10.6 Å². The standard InChI is InChI=1S/C33H48N2O2.C16H20FN3O4/c1-30(2,3)20-9-10-25(31(4,5)6)27(17-20)35-29(37)26-12-11-23-22-19-34-28-18-21(36)13-15-33(28,8)24(22)14-16-32(23,26)7;1-11(21)18-9-13-10-20(16(22)24-13)12-2-3-15(14(17)8-12)19-4-6-23-7-5-19/h9-10,17-18,22-24,26,34H,11-16,19H2,1-8H3,(H,35,37);2-3,8,13H,4-7,9-10H2,1H3,(H,18,21)/t22?,23?,24?,26-,32+,33-;13-/m10/s1. The Morgan fingerprint density at radius 2 is 1.67 bits per heavy atom. The summed E-state index contributed by atoms with van der Waals surface area (Å²) in [6.07, 6.45) is 6.88. The fourth-order valence-electron chi connectivity index (χ4n) is 11.4. The molecule has 332 valence electrons. The summed E-state index contributed by atoms with van der Waals surface area (Å²) in [5, 5.41) is 9.76. The number of carbonyl (C=O) groups is 4. The lowest BCUT2D eigenvalue weighted by atomic mass is 9.50. The molecule has 2 saturated carbocycles. The van der Waals surface area contributed by atoms with Gasteiger partial charge in [-0.2, -0.15) is 0 Å². The number of ketones is 1. The molecule has 3 amide bonds. The van der Waals surface area contributed by atoms with E-state index in [0.717, 1.165) is 44.3 Å². The summed E-state index contributed by atoms with van der Waals surface area (Å²) >= 11 is 0. The molecule has 6 aliphatic rings. The van der Waals surface area contributed by atoms with Gasteiger partial charge in [0, 0.05) is 61.8 Å². The predicted molar refractivity (Wildman–Crippen MR) is 237 cm³/mol. The summed E-state index contributed by atoms with van der Waals surface area (Å²) < 4.78 is 24.9. The van der Waals surface area contributed by atoms with Gasteiger partial charge in [-0.05, 0) is 101 Å². The van der Waals surface area contributed by atoms with Gasteiger partial charge in [0.05, 0.1) is 37.7 Å². The molecule has 7 atom stereocenters. The van der Waals surface area contributed by atoms with Crippen LogP contribution in [0.1, 0.15) is 112 Å². The van der Waals surface area contributed by atoms with Crippen LogP contribution in [-0.2, 0) is 34.7 Å². The van der Waals surface area contributed by atoms with Crippen LogP contribution < -0.4 is 25.8 Å². The van der Waals surface area contributed by atoms with Gasteiger partial charge in [-0.3, -0.25) is 19.3 Å². The van der Waals surface area contributed by atoms with Crippen LogP contribution in [0.2, 0.25) is 0 Å². The Morgan fingerprint density at radius 3 is 2.34 bits per heavy atom. The maximum absolute atomic E-state index is 14.4. The molecule has 3 heterocycles. The fourth-order valence-corrected chi connectivity index (χ4v) is 11.4. The Balaban J connectivity index is 0.000000202. The highest BCUT2D eigenvalue weighted by Gasteiger charge is 2.60. The summed E-state index contributed by atoms with van der Waals surface area (Å²) in [7, 11) is 0. The monoisotopic (exact) mass is 842 g/mol. The van der Waals surface area contributed by atoms with E-state index in [1.54, 1.807) is 12.1 Å². The second kappa shape index (κ2) is 17.0. The molecule has 3 saturated heterocycles. The number of fused-ring (bicyclic) bond motifs is 5. The Kier molecular flexibility index (Phi) is 12.4. The lowest BCUT2D eigenvalue weighted by Gasteiger charge is -2.58. The number of halogens is 1. The molecular weight excluding hydrogens is 774 g/mol. The van der Waals surface area contributed by atoms with Gasteiger partial charge in [0.25, 0.3) is 0 Å². The molecule has 3 unspecified atom stereocenters. The number of allylic oxidation sites excluding steroid dienone is 2. The number of hydrogen-bond acceptors (Lipinski definition) is 8. The van der Waals surface area contributed by atoms with Crippen molar-refractivity contribution >= 4 is 40.8 Å². The quantitative estimate of drug-likeness (QED) is 0.265. The average Bonchev–Trinajstić information content (AvgIpc) is 3.76. The Hall–Kier alpha value is -4.45. The highest BCUT2D eigenvalue weighted by molar-refractivity contribution is 5.95. The van der Waals surface area contributed by atoms with Crippen molar-refractivity contribution in [1.29, 1.82) is 0 Å². The van der Waals surface area contributed by atoms with Gasteiger partial charge in [-0.15, -0.1) is 0 Å². The van der Waals surface area contributed by atoms with Crippen molar-refractivity contribution in [3.63, 3.8) is 0 Å². The van der Waals surface area contributed by atoms with Crippen LogP contribution in [0.4, 0.5) is 26.2 Å². The van der Waals surface area contributed by atoms with Crippen LogP contribution in [0.3, 0.4) is 0 Å². The summed E-state index contributed by atoms with van der Waals surface area (Å²) in [4.78, 5) is 52.4. The SMILES string of the molecule is CC(=O)NC[C@H]1CN(c2ccc(N3CCOCC3)c(F)c2)C(=O)O1.CC(C)(C)c1ccc(C(C)(C)C)c(NC(=O)[C@H]2CCC3C4CNC5=CC(=O)CC[C@]5(C)C4CC[C@@]32C)c1. The Morgan fingerprint density at radius 1 is 0.934 bits per heavy atom. The number of piperidine rings is 1. The van der Waals surface area contributed by atoms with Gasteiger partial charge in [0.2, 0.25) is 11.8 Å². The number of benzene rings is 2. The number of nitrogens with zero attached hydrogens (tertiary/aromatic N) is 2. The van der Waals surface area contributed by atoms with E-state index >= 15 is 0 Å². The summed E-state index contributed by atoms with van der Waals surface area (Å²) in [6.45, 7) is 23.4. The molecule has 2 aromatic carbocycles. The van der Waals surface area contributed by atoms with Gasteiger partial charge in [0.1, 0.15) is 11.9 Å². The molecule has 2 aromatic rings. The third-order valence-electron chi connectivity index (χ3n) is 14.9. The molecule has 12 heteroatoms. The van der Waals surface area contributed by atoms with Crippen LogP contribution in [0.5, 0.6) is 0 Å². The zero-order valence-corrected chi connectivity index (χ0v) is 37.8. The van der Waals surface area contributed by atoms with Crippen LogP contribution >= 0.6 is 0 Å². The topological polar surface area (TPSA) is 129 Å². The van der Waals surface area contributed by atoms with Crippen molar-refractivity contribution in [3.05, 3.63) is 65.1 Å². The van der Waals surface area contributed by atoms with E-state index in [-0.39, 0.29) is 64.1 Å². The minimum atomic E-state index is -0.538. The molecule has 0 aromatic heterocycles. The zero-order chi connectivity index (χ0) is 44.1. The summed E-state index contributed by atoms with van der Waals surface area (Å²) in [6, 6.07) is 11.4. The number of hydrogen-bond donors (Lipinski definition) is 3. The molecule has 0 radical (unpaired) electrons. The molecule has 11 nitrogen and oxygen atoms in total. The summed E-state index contributed by atoms with van der Waals surface area (Å²) in [5.41, 5.74) is 5.65. The maximum atomic E-state index is 14.4. The summed E-state index contributed by atoms with van der Waals surface area (Å²) in [5.74, 6) is 1.67. The lowest BCUT2D eigenvalue weighted by Crippen LogP contribution is -2.57. The minimum Gasteiger partial charge on any atom is -0.442 e. The number of cyclic esters (lactones) is 1. The van der Waals surface area contributed by atoms with E-state index < -0.39 is 12.2 Å². The third-order valence-corrected chi connectivity index (χ3v) is 14.9.